The number of carboxylic acid groups (broad SMARTS) is 1. The minimum Gasteiger partial charge on any atom is -0.480 e. The third kappa shape index (κ3) is 4.31. The van der Waals surface area contributed by atoms with Gasteiger partial charge in [-0.05, 0) is 5.92 Å². The quantitative estimate of drug-likeness (QED) is 0.368. The summed E-state index contributed by atoms with van der Waals surface area (Å²) in [5, 5.41) is 33.8. The largest absolute Gasteiger partial charge is 0.480 e. The molecule has 1 heterocycles. The molecule has 0 bridgehead atoms. The fourth-order valence-electron chi connectivity index (χ4n) is 2.70. The van der Waals surface area contributed by atoms with E-state index >= 15 is 0 Å². The highest BCUT2D eigenvalue weighted by molar-refractivity contribution is 8.13. The summed E-state index contributed by atoms with van der Waals surface area (Å²) < 4.78 is 0. The van der Waals surface area contributed by atoms with E-state index in [1.807, 2.05) is 0 Å². The summed E-state index contributed by atoms with van der Waals surface area (Å²) in [6, 6.07) is -1.31. The van der Waals surface area contributed by atoms with Gasteiger partial charge in [0.2, 0.25) is 16.9 Å². The van der Waals surface area contributed by atoms with Gasteiger partial charge in [0.15, 0.2) is 5.54 Å². The fraction of sp³-hybridized carbons (Fsp3) is 0.733. The summed E-state index contributed by atoms with van der Waals surface area (Å²) in [6.07, 6.45) is -2.82. The first-order chi connectivity index (χ1) is 11.4. The van der Waals surface area contributed by atoms with E-state index in [4.69, 9.17) is 5.11 Å². The number of carboxylic acids is 1. The van der Waals surface area contributed by atoms with Crippen molar-refractivity contribution in [1.29, 1.82) is 0 Å². The number of aliphatic hydroxyl groups excluding tert-OH is 2. The van der Waals surface area contributed by atoms with Crippen LogP contribution in [0.4, 0.5) is 0 Å². The van der Waals surface area contributed by atoms with E-state index in [-0.39, 0.29) is 5.75 Å². The number of aliphatic carboxylic acids is 1. The molecule has 0 saturated carbocycles. The van der Waals surface area contributed by atoms with Crippen molar-refractivity contribution in [3.05, 3.63) is 0 Å². The molecule has 25 heavy (non-hydrogen) atoms. The van der Waals surface area contributed by atoms with Gasteiger partial charge in [-0.15, -0.1) is 0 Å². The predicted molar refractivity (Wildman–Crippen MR) is 89.6 cm³/mol. The number of carbonyl (C=O) groups excluding carboxylic acids is 3. The van der Waals surface area contributed by atoms with E-state index in [0.717, 1.165) is 6.92 Å². The summed E-state index contributed by atoms with van der Waals surface area (Å²) in [6.45, 7) is 5.84. The Balaban J connectivity index is 3.04. The van der Waals surface area contributed by atoms with Gasteiger partial charge in [-0.2, -0.15) is 0 Å². The molecule has 0 aromatic rings. The summed E-state index contributed by atoms with van der Waals surface area (Å²) in [5.74, 6) is -4.12. The number of carbonyl (C=O) groups is 4. The molecule has 5 N–H and O–H groups in total. The van der Waals surface area contributed by atoms with Crippen LogP contribution in [-0.2, 0) is 19.2 Å². The smallest absolute Gasteiger partial charge is 0.327 e. The second kappa shape index (κ2) is 8.15. The average molecular weight is 376 g/mol. The molecule has 0 aliphatic carbocycles. The van der Waals surface area contributed by atoms with Crippen LogP contribution in [0.3, 0.4) is 0 Å². The van der Waals surface area contributed by atoms with Crippen molar-refractivity contribution in [1.82, 2.24) is 10.6 Å². The fourth-order valence-corrected chi connectivity index (χ4v) is 3.77. The highest BCUT2D eigenvalue weighted by atomic mass is 32.2. The minimum absolute atomic E-state index is 0.308. The van der Waals surface area contributed by atoms with Crippen LogP contribution in [0.5, 0.6) is 0 Å². The zero-order chi connectivity index (χ0) is 19.5. The molecule has 1 aliphatic rings. The highest BCUT2D eigenvalue weighted by Gasteiger charge is 2.60. The summed E-state index contributed by atoms with van der Waals surface area (Å²) >= 11 is 0.535. The molecule has 9 nitrogen and oxygen atoms in total. The summed E-state index contributed by atoms with van der Waals surface area (Å²) in [4.78, 5) is 46.9. The van der Waals surface area contributed by atoms with E-state index in [1.54, 1.807) is 13.8 Å². The lowest BCUT2D eigenvalue weighted by molar-refractivity contribution is -0.140. The Morgan fingerprint density at radius 3 is 2.28 bits per heavy atom. The lowest BCUT2D eigenvalue weighted by Crippen LogP contribution is -2.64. The lowest BCUT2D eigenvalue weighted by atomic mass is 9.81. The standard InChI is InChI=1S/C15H24N2O7S/c1-6(2)10(19)15(11(20)7(3)12(21)17-15)14(24)25-5-9(13(22)23)16-8(4)18/h6-7,9-11,19-20H,5H2,1-4H3,(H,16,18)(H,17,21)(H,22,23)/t7?,9-,10-,11?,15?/m0/s1. The van der Waals surface area contributed by atoms with Crippen molar-refractivity contribution in [2.24, 2.45) is 11.8 Å². The van der Waals surface area contributed by atoms with Crippen LogP contribution >= 0.6 is 11.8 Å². The Morgan fingerprint density at radius 1 is 1.36 bits per heavy atom. The number of aliphatic hydroxyl groups is 2. The molecule has 0 spiro atoms. The second-order valence-corrected chi connectivity index (χ2v) is 7.46. The van der Waals surface area contributed by atoms with E-state index in [1.165, 1.54) is 6.92 Å². The first kappa shape index (κ1) is 21.4. The minimum atomic E-state index is -1.92. The van der Waals surface area contributed by atoms with Crippen LogP contribution in [0.2, 0.25) is 0 Å². The molecule has 142 valence electrons. The molecule has 1 saturated heterocycles. The normalized spacial score (nSPS) is 28.4. The number of hydrogen-bond donors (Lipinski definition) is 5. The molecular formula is C15H24N2O7S. The number of hydrogen-bond acceptors (Lipinski definition) is 7. The van der Waals surface area contributed by atoms with Gasteiger partial charge in [-0.25, -0.2) is 4.79 Å². The van der Waals surface area contributed by atoms with Gasteiger partial charge in [0.25, 0.3) is 0 Å². The van der Waals surface area contributed by atoms with E-state index < -0.39 is 58.5 Å². The highest BCUT2D eigenvalue weighted by Crippen LogP contribution is 2.36. The Hall–Kier alpha value is -1.65. The van der Waals surface area contributed by atoms with Crippen molar-refractivity contribution in [2.45, 2.75) is 51.5 Å². The molecule has 1 rings (SSSR count). The third-order valence-electron chi connectivity index (χ3n) is 4.18. The maximum atomic E-state index is 12.8. The van der Waals surface area contributed by atoms with Crippen LogP contribution < -0.4 is 10.6 Å². The average Bonchev–Trinajstić information content (AvgIpc) is 2.74. The number of amides is 2. The lowest BCUT2D eigenvalue weighted by Gasteiger charge is -2.37. The van der Waals surface area contributed by atoms with Crippen LogP contribution in [0.25, 0.3) is 0 Å². The molecule has 1 fully saturated rings. The molecule has 0 aromatic heterocycles. The zero-order valence-electron chi connectivity index (χ0n) is 14.5. The maximum Gasteiger partial charge on any atom is 0.327 e. The topological polar surface area (TPSA) is 153 Å². The number of rotatable bonds is 7. The second-order valence-electron chi connectivity index (χ2n) is 6.47. The van der Waals surface area contributed by atoms with Crippen molar-refractivity contribution in [2.75, 3.05) is 5.75 Å². The van der Waals surface area contributed by atoms with Gasteiger partial charge in [-0.1, -0.05) is 32.5 Å². The van der Waals surface area contributed by atoms with Crippen LogP contribution in [-0.4, -0.2) is 67.8 Å². The Bertz CT molecular complexity index is 568. The molecule has 2 amide bonds. The molecule has 1 aliphatic heterocycles. The molecule has 0 aromatic carbocycles. The van der Waals surface area contributed by atoms with Crippen molar-refractivity contribution >= 4 is 34.7 Å². The Labute approximate surface area is 149 Å². The van der Waals surface area contributed by atoms with Gasteiger partial charge in [0.05, 0.1) is 18.1 Å². The van der Waals surface area contributed by atoms with Gasteiger partial charge in [0.1, 0.15) is 6.04 Å². The Kier molecular flexibility index (Phi) is 6.98. The first-order valence-corrected chi connectivity index (χ1v) is 8.79. The van der Waals surface area contributed by atoms with Crippen molar-refractivity contribution < 1.29 is 34.5 Å². The molecule has 3 unspecified atom stereocenters. The monoisotopic (exact) mass is 376 g/mol. The number of thioether (sulfide) groups is 1. The molecule has 10 heteroatoms. The zero-order valence-corrected chi connectivity index (χ0v) is 15.3. The van der Waals surface area contributed by atoms with Crippen LogP contribution in [0.15, 0.2) is 0 Å². The van der Waals surface area contributed by atoms with Gasteiger partial charge >= 0.3 is 5.97 Å². The van der Waals surface area contributed by atoms with Crippen molar-refractivity contribution in [3.8, 4) is 0 Å². The van der Waals surface area contributed by atoms with E-state index in [2.05, 4.69) is 10.6 Å². The van der Waals surface area contributed by atoms with Crippen molar-refractivity contribution in [3.63, 3.8) is 0 Å². The molecular weight excluding hydrogens is 352 g/mol. The maximum absolute atomic E-state index is 12.8. The SMILES string of the molecule is CC(=O)N[C@@H](CSC(=O)C1([C@@H](O)C(C)C)NC(=O)C(C)C1O)C(=O)O. The molecule has 0 radical (unpaired) electrons. The van der Waals surface area contributed by atoms with Gasteiger partial charge in [0, 0.05) is 12.7 Å². The first-order valence-electron chi connectivity index (χ1n) is 7.80. The van der Waals surface area contributed by atoms with E-state index in [9.17, 15) is 29.4 Å². The predicted octanol–water partition coefficient (Wildman–Crippen LogP) is -1.28. The Morgan fingerprint density at radius 2 is 1.92 bits per heavy atom. The van der Waals surface area contributed by atoms with Crippen LogP contribution in [0, 0.1) is 11.8 Å². The summed E-state index contributed by atoms with van der Waals surface area (Å²) in [7, 11) is 0. The van der Waals surface area contributed by atoms with Gasteiger partial charge < -0.3 is 26.0 Å². The third-order valence-corrected chi connectivity index (χ3v) is 5.28. The number of nitrogens with one attached hydrogen (secondary N) is 2. The van der Waals surface area contributed by atoms with Gasteiger partial charge in [-0.3, -0.25) is 14.4 Å². The summed E-state index contributed by atoms with van der Waals surface area (Å²) in [5.41, 5.74) is -1.92. The van der Waals surface area contributed by atoms with E-state index in [0.29, 0.717) is 11.8 Å². The molecule has 5 atom stereocenters. The van der Waals surface area contributed by atoms with Crippen LogP contribution in [0.1, 0.15) is 27.7 Å².